The normalized spacial score (nSPS) is 10.7. The standard InChI is InChI=1S/C18H16Br2N4O4/c1-10-3-12(8-27-2)13(6-21)18(23-10)28-9-16(25)24-22-7-11-4-14(19)17(26)15(20)5-11/h3-5,7,26H,8-9H2,1-2H3,(H,24,25). The lowest BCUT2D eigenvalue weighted by Gasteiger charge is -2.10. The molecule has 0 unspecified atom stereocenters. The van der Waals surface area contributed by atoms with E-state index in [9.17, 15) is 15.2 Å². The zero-order chi connectivity index (χ0) is 20.7. The fraction of sp³-hybridized carbons (Fsp3) is 0.222. The summed E-state index contributed by atoms with van der Waals surface area (Å²) in [6.07, 6.45) is 1.41. The third-order valence-electron chi connectivity index (χ3n) is 3.39. The van der Waals surface area contributed by atoms with Crippen molar-refractivity contribution in [1.82, 2.24) is 10.4 Å². The van der Waals surface area contributed by atoms with E-state index in [1.807, 2.05) is 6.07 Å². The summed E-state index contributed by atoms with van der Waals surface area (Å²) in [5.74, 6) is -0.380. The van der Waals surface area contributed by atoms with Crippen LogP contribution in [0.15, 0.2) is 32.2 Å². The zero-order valence-corrected chi connectivity index (χ0v) is 18.2. The number of nitrogens with zero attached hydrogens (tertiary/aromatic N) is 3. The Hall–Kier alpha value is -2.48. The van der Waals surface area contributed by atoms with Crippen LogP contribution in [0.25, 0.3) is 0 Å². The lowest BCUT2D eigenvalue weighted by Crippen LogP contribution is -2.25. The summed E-state index contributed by atoms with van der Waals surface area (Å²) in [5.41, 5.74) is 4.47. The quantitative estimate of drug-likeness (QED) is 0.435. The number of amides is 1. The highest BCUT2D eigenvalue weighted by atomic mass is 79.9. The molecule has 0 spiro atoms. The number of aromatic nitrogens is 1. The molecule has 0 radical (unpaired) electrons. The number of halogens is 2. The van der Waals surface area contributed by atoms with Crippen LogP contribution in [0.5, 0.6) is 11.6 Å². The van der Waals surface area contributed by atoms with E-state index in [1.165, 1.54) is 13.3 Å². The van der Waals surface area contributed by atoms with Gasteiger partial charge in [0, 0.05) is 18.4 Å². The number of nitrogens with one attached hydrogen (secondary N) is 1. The Morgan fingerprint density at radius 1 is 1.39 bits per heavy atom. The average Bonchev–Trinajstić information content (AvgIpc) is 2.64. The maximum Gasteiger partial charge on any atom is 0.278 e. The molecule has 0 atom stereocenters. The van der Waals surface area contributed by atoms with Gasteiger partial charge in [0.25, 0.3) is 5.91 Å². The van der Waals surface area contributed by atoms with Crippen LogP contribution < -0.4 is 10.2 Å². The molecule has 0 aliphatic rings. The number of nitriles is 1. The summed E-state index contributed by atoms with van der Waals surface area (Å²) in [6, 6.07) is 7.03. The highest BCUT2D eigenvalue weighted by molar-refractivity contribution is 9.11. The molecule has 10 heteroatoms. The van der Waals surface area contributed by atoms with Crippen molar-refractivity contribution in [1.29, 1.82) is 5.26 Å². The van der Waals surface area contributed by atoms with E-state index in [-0.39, 0.29) is 30.4 Å². The molecule has 0 aliphatic carbocycles. The van der Waals surface area contributed by atoms with Gasteiger partial charge in [0.2, 0.25) is 5.88 Å². The Kier molecular flexibility index (Phi) is 7.92. The highest BCUT2D eigenvalue weighted by Crippen LogP contribution is 2.32. The third-order valence-corrected chi connectivity index (χ3v) is 4.60. The van der Waals surface area contributed by atoms with Crippen molar-refractivity contribution < 1.29 is 19.4 Å². The Labute approximate surface area is 178 Å². The summed E-state index contributed by atoms with van der Waals surface area (Å²) >= 11 is 6.43. The zero-order valence-electron chi connectivity index (χ0n) is 15.0. The average molecular weight is 512 g/mol. The number of phenolic OH excluding ortho intramolecular Hbond substituents is 1. The maximum atomic E-state index is 11.9. The maximum absolute atomic E-state index is 11.9. The molecule has 0 bridgehead atoms. The largest absolute Gasteiger partial charge is 0.506 e. The summed E-state index contributed by atoms with van der Waals surface area (Å²) < 4.78 is 11.4. The molecular formula is C18H16Br2N4O4. The van der Waals surface area contributed by atoms with E-state index in [1.54, 1.807) is 25.1 Å². The molecule has 1 aromatic heterocycles. The fourth-order valence-electron chi connectivity index (χ4n) is 2.21. The summed E-state index contributed by atoms with van der Waals surface area (Å²) in [5, 5.41) is 22.9. The lowest BCUT2D eigenvalue weighted by atomic mass is 10.1. The van der Waals surface area contributed by atoms with E-state index in [4.69, 9.17) is 9.47 Å². The SMILES string of the molecule is COCc1cc(C)nc(OCC(=O)NN=Cc2cc(Br)c(O)c(Br)c2)c1C#N. The number of carbonyl (C=O) groups is 1. The minimum atomic E-state index is -0.520. The molecule has 0 aliphatic heterocycles. The summed E-state index contributed by atoms with van der Waals surface area (Å²) in [7, 11) is 1.52. The smallest absolute Gasteiger partial charge is 0.278 e. The molecule has 146 valence electrons. The van der Waals surface area contributed by atoms with Crippen LogP contribution in [-0.2, 0) is 16.1 Å². The first-order valence-electron chi connectivity index (χ1n) is 7.88. The molecule has 1 aromatic carbocycles. The molecule has 2 aromatic rings. The number of methoxy groups -OCH3 is 1. The number of rotatable bonds is 7. The number of hydrogen-bond donors (Lipinski definition) is 2. The van der Waals surface area contributed by atoms with Crippen molar-refractivity contribution in [2.45, 2.75) is 13.5 Å². The second-order valence-electron chi connectivity index (χ2n) is 5.56. The number of hydrogen-bond acceptors (Lipinski definition) is 7. The Morgan fingerprint density at radius 2 is 2.07 bits per heavy atom. The number of phenols is 1. The first-order valence-corrected chi connectivity index (χ1v) is 9.46. The van der Waals surface area contributed by atoms with Crippen LogP contribution in [-0.4, -0.2) is 35.9 Å². The lowest BCUT2D eigenvalue weighted by molar-refractivity contribution is -0.123. The van der Waals surface area contributed by atoms with Crippen molar-refractivity contribution in [2.24, 2.45) is 5.10 Å². The molecule has 2 N–H and O–H groups in total. The van der Waals surface area contributed by atoms with Crippen molar-refractivity contribution >= 4 is 44.0 Å². The van der Waals surface area contributed by atoms with E-state index >= 15 is 0 Å². The van der Waals surface area contributed by atoms with Crippen LogP contribution in [0.1, 0.15) is 22.4 Å². The van der Waals surface area contributed by atoms with Gasteiger partial charge < -0.3 is 14.6 Å². The van der Waals surface area contributed by atoms with Crippen LogP contribution in [0.3, 0.4) is 0 Å². The monoisotopic (exact) mass is 510 g/mol. The molecule has 1 heterocycles. The minimum Gasteiger partial charge on any atom is -0.506 e. The first kappa shape index (κ1) is 21.8. The van der Waals surface area contributed by atoms with E-state index in [0.29, 0.717) is 25.8 Å². The predicted octanol–water partition coefficient (Wildman–Crippen LogP) is 3.17. The number of pyridine rings is 1. The summed E-state index contributed by atoms with van der Waals surface area (Å²) in [4.78, 5) is 16.1. The van der Waals surface area contributed by atoms with E-state index in [0.717, 1.165) is 0 Å². The van der Waals surface area contributed by atoms with Crippen LogP contribution >= 0.6 is 31.9 Å². The Bertz CT molecular complexity index is 934. The molecule has 8 nitrogen and oxygen atoms in total. The predicted molar refractivity (Wildman–Crippen MR) is 109 cm³/mol. The highest BCUT2D eigenvalue weighted by Gasteiger charge is 2.14. The molecule has 2 rings (SSSR count). The number of carbonyl (C=O) groups excluding carboxylic acids is 1. The van der Waals surface area contributed by atoms with E-state index in [2.05, 4.69) is 47.4 Å². The van der Waals surface area contributed by atoms with Crippen molar-refractivity contribution in [3.63, 3.8) is 0 Å². The van der Waals surface area contributed by atoms with Gasteiger partial charge in [-0.2, -0.15) is 10.4 Å². The molecule has 0 saturated carbocycles. The number of aryl methyl sites for hydroxylation is 1. The van der Waals surface area contributed by atoms with Gasteiger partial charge in [-0.25, -0.2) is 10.4 Å². The molecule has 1 amide bonds. The molecule has 0 saturated heterocycles. The topological polar surface area (TPSA) is 117 Å². The van der Waals surface area contributed by atoms with Gasteiger partial charge in [0.05, 0.1) is 21.8 Å². The van der Waals surface area contributed by atoms with Crippen LogP contribution in [0, 0.1) is 18.3 Å². The Morgan fingerprint density at radius 3 is 2.68 bits per heavy atom. The van der Waals surface area contributed by atoms with Crippen molar-refractivity contribution in [3.05, 3.63) is 49.5 Å². The molecular weight excluding hydrogens is 496 g/mol. The van der Waals surface area contributed by atoms with Gasteiger partial charge in [-0.1, -0.05) is 0 Å². The third kappa shape index (κ3) is 5.76. The van der Waals surface area contributed by atoms with Gasteiger partial charge >= 0.3 is 0 Å². The number of hydrazone groups is 1. The van der Waals surface area contributed by atoms with E-state index < -0.39 is 5.91 Å². The first-order chi connectivity index (χ1) is 13.3. The van der Waals surface area contributed by atoms with Crippen molar-refractivity contribution in [3.8, 4) is 17.7 Å². The second-order valence-corrected chi connectivity index (χ2v) is 7.27. The molecule has 28 heavy (non-hydrogen) atoms. The van der Waals surface area contributed by atoms with Gasteiger partial charge in [-0.05, 0) is 62.5 Å². The van der Waals surface area contributed by atoms with Gasteiger partial charge in [0.1, 0.15) is 17.4 Å². The summed E-state index contributed by atoms with van der Waals surface area (Å²) in [6.45, 7) is 1.63. The Balaban J connectivity index is 2.00. The number of ether oxygens (including phenoxy) is 2. The van der Waals surface area contributed by atoms with Crippen molar-refractivity contribution in [2.75, 3.05) is 13.7 Å². The van der Waals surface area contributed by atoms with Gasteiger partial charge in [0.15, 0.2) is 6.61 Å². The van der Waals surface area contributed by atoms with Gasteiger partial charge in [-0.15, -0.1) is 0 Å². The number of aromatic hydroxyl groups is 1. The van der Waals surface area contributed by atoms with Crippen LogP contribution in [0.4, 0.5) is 0 Å². The minimum absolute atomic E-state index is 0.0695. The number of benzene rings is 1. The fourth-order valence-corrected chi connectivity index (χ4v) is 3.43. The molecule has 0 fully saturated rings. The second kappa shape index (κ2) is 10.2. The van der Waals surface area contributed by atoms with Gasteiger partial charge in [-0.3, -0.25) is 4.79 Å². The van der Waals surface area contributed by atoms with Crippen LogP contribution in [0.2, 0.25) is 0 Å².